The summed E-state index contributed by atoms with van der Waals surface area (Å²) in [5, 5.41) is 10.6. The van der Waals surface area contributed by atoms with Crippen molar-refractivity contribution >= 4 is 11.9 Å². The molecule has 7 nitrogen and oxygen atoms in total. The lowest BCUT2D eigenvalue weighted by atomic mass is 10.2. The summed E-state index contributed by atoms with van der Waals surface area (Å²) in [5.74, 6) is 0.348. The van der Waals surface area contributed by atoms with Crippen LogP contribution in [0.25, 0.3) is 5.69 Å². The zero-order chi connectivity index (χ0) is 15.5. The lowest BCUT2D eigenvalue weighted by Gasteiger charge is -2.13. The van der Waals surface area contributed by atoms with Gasteiger partial charge in [0.05, 0.1) is 6.54 Å². The molecule has 1 unspecified atom stereocenters. The van der Waals surface area contributed by atoms with Gasteiger partial charge in [0.2, 0.25) is 0 Å². The summed E-state index contributed by atoms with van der Waals surface area (Å²) in [6, 6.07) is 8.77. The highest BCUT2D eigenvalue weighted by molar-refractivity contribution is 6.04. The van der Waals surface area contributed by atoms with E-state index in [-0.39, 0.29) is 18.5 Å². The number of imide groups is 1. The first kappa shape index (κ1) is 14.2. The molecular weight excluding hydrogens is 282 g/mol. The first-order valence-corrected chi connectivity index (χ1v) is 7.27. The number of nitrogens with one attached hydrogen (secondary N) is 1. The number of para-hydroxylation sites is 1. The average molecular weight is 299 g/mol. The average Bonchev–Trinajstić information content (AvgIpc) is 3.09. The number of aromatic nitrogens is 3. The van der Waals surface area contributed by atoms with Gasteiger partial charge in [-0.3, -0.25) is 14.3 Å². The van der Waals surface area contributed by atoms with Gasteiger partial charge >= 0.3 is 6.03 Å². The molecule has 0 aliphatic carbocycles. The lowest BCUT2D eigenvalue weighted by Crippen LogP contribution is -2.32. The SMILES string of the molecule is CCCC1NC(=O)N(Cc2nncn2-c2ccccc2)C1=O. The summed E-state index contributed by atoms with van der Waals surface area (Å²) in [4.78, 5) is 25.4. The molecule has 114 valence electrons. The molecule has 3 rings (SSSR count). The summed E-state index contributed by atoms with van der Waals surface area (Å²) >= 11 is 0. The van der Waals surface area contributed by atoms with Crippen molar-refractivity contribution in [3.63, 3.8) is 0 Å². The number of hydrogen-bond donors (Lipinski definition) is 1. The van der Waals surface area contributed by atoms with Gasteiger partial charge in [0.1, 0.15) is 12.4 Å². The normalized spacial score (nSPS) is 17.9. The predicted octanol–water partition coefficient (Wildman–Crippen LogP) is 1.49. The molecule has 0 spiro atoms. The fraction of sp³-hybridized carbons (Fsp3) is 0.333. The van der Waals surface area contributed by atoms with E-state index in [2.05, 4.69) is 15.5 Å². The molecule has 3 amide bonds. The Bertz CT molecular complexity index is 682. The van der Waals surface area contributed by atoms with Crippen LogP contribution in [0.2, 0.25) is 0 Å². The highest BCUT2D eigenvalue weighted by Gasteiger charge is 2.37. The van der Waals surface area contributed by atoms with Crippen molar-refractivity contribution < 1.29 is 9.59 Å². The number of hydrogen-bond acceptors (Lipinski definition) is 4. The van der Waals surface area contributed by atoms with Crippen LogP contribution >= 0.6 is 0 Å². The standard InChI is InChI=1S/C15H17N5O2/c1-2-6-12-14(21)19(15(22)17-12)9-13-18-16-10-20(13)11-7-4-3-5-8-11/h3-5,7-8,10,12H,2,6,9H2,1H3,(H,17,22). The third-order valence-corrected chi connectivity index (χ3v) is 3.64. The van der Waals surface area contributed by atoms with Gasteiger partial charge in [0, 0.05) is 5.69 Å². The van der Waals surface area contributed by atoms with Gasteiger partial charge in [0.15, 0.2) is 5.82 Å². The number of nitrogens with zero attached hydrogens (tertiary/aromatic N) is 4. The van der Waals surface area contributed by atoms with E-state index in [1.807, 2.05) is 37.3 Å². The molecule has 0 bridgehead atoms. The Kier molecular flexibility index (Phi) is 3.86. The van der Waals surface area contributed by atoms with Gasteiger partial charge in [-0.15, -0.1) is 10.2 Å². The molecule has 22 heavy (non-hydrogen) atoms. The van der Waals surface area contributed by atoms with Gasteiger partial charge in [-0.2, -0.15) is 0 Å². The van der Waals surface area contributed by atoms with E-state index in [0.717, 1.165) is 12.1 Å². The first-order valence-electron chi connectivity index (χ1n) is 7.27. The lowest BCUT2D eigenvalue weighted by molar-refractivity contribution is -0.128. The maximum Gasteiger partial charge on any atom is 0.325 e. The summed E-state index contributed by atoms with van der Waals surface area (Å²) in [7, 11) is 0. The number of carbonyl (C=O) groups excluding carboxylic acids is 2. The van der Waals surface area contributed by atoms with Crippen molar-refractivity contribution in [3.05, 3.63) is 42.5 Å². The molecule has 1 N–H and O–H groups in total. The molecule has 2 aromatic rings. The van der Waals surface area contributed by atoms with E-state index in [9.17, 15) is 9.59 Å². The van der Waals surface area contributed by atoms with Gasteiger partial charge < -0.3 is 5.32 Å². The molecule has 1 aromatic carbocycles. The second-order valence-electron chi connectivity index (χ2n) is 5.17. The minimum atomic E-state index is -0.425. The molecule has 1 aliphatic heterocycles. The number of amides is 3. The van der Waals surface area contributed by atoms with Crippen LogP contribution in [0, 0.1) is 0 Å². The van der Waals surface area contributed by atoms with Crippen LogP contribution in [0.4, 0.5) is 4.79 Å². The summed E-state index contributed by atoms with van der Waals surface area (Å²) in [5.41, 5.74) is 0.889. The Morgan fingerprint density at radius 2 is 2.00 bits per heavy atom. The van der Waals surface area contributed by atoms with Gasteiger partial charge in [0.25, 0.3) is 5.91 Å². The number of carbonyl (C=O) groups is 2. The van der Waals surface area contributed by atoms with Crippen LogP contribution in [-0.2, 0) is 11.3 Å². The molecule has 0 radical (unpaired) electrons. The van der Waals surface area contributed by atoms with Crippen LogP contribution in [0.15, 0.2) is 36.7 Å². The monoisotopic (exact) mass is 299 g/mol. The van der Waals surface area contributed by atoms with Crippen LogP contribution in [0.5, 0.6) is 0 Å². The number of urea groups is 1. The third-order valence-electron chi connectivity index (χ3n) is 3.64. The topological polar surface area (TPSA) is 80.1 Å². The van der Waals surface area contributed by atoms with Crippen molar-refractivity contribution in [2.24, 2.45) is 0 Å². The van der Waals surface area contributed by atoms with E-state index in [4.69, 9.17) is 0 Å². The minimum Gasteiger partial charge on any atom is -0.326 e. The van der Waals surface area contributed by atoms with E-state index < -0.39 is 6.04 Å². The summed E-state index contributed by atoms with van der Waals surface area (Å²) < 4.78 is 1.77. The van der Waals surface area contributed by atoms with E-state index in [1.165, 1.54) is 4.90 Å². The van der Waals surface area contributed by atoms with Gasteiger partial charge in [-0.25, -0.2) is 4.79 Å². The minimum absolute atomic E-state index is 0.111. The zero-order valence-electron chi connectivity index (χ0n) is 12.3. The Labute approximate surface area is 127 Å². The molecule has 1 aromatic heterocycles. The number of benzene rings is 1. The van der Waals surface area contributed by atoms with Crippen LogP contribution in [0.3, 0.4) is 0 Å². The van der Waals surface area contributed by atoms with Crippen molar-refractivity contribution in [1.29, 1.82) is 0 Å². The van der Waals surface area contributed by atoms with Crippen LogP contribution in [0.1, 0.15) is 25.6 Å². The first-order chi connectivity index (χ1) is 10.7. The highest BCUT2D eigenvalue weighted by atomic mass is 16.2. The molecule has 2 heterocycles. The van der Waals surface area contributed by atoms with Crippen molar-refractivity contribution in [1.82, 2.24) is 25.0 Å². The van der Waals surface area contributed by atoms with Crippen LogP contribution in [-0.4, -0.2) is 37.6 Å². The smallest absolute Gasteiger partial charge is 0.325 e. The fourth-order valence-corrected chi connectivity index (χ4v) is 2.52. The Morgan fingerprint density at radius 1 is 1.23 bits per heavy atom. The maximum absolute atomic E-state index is 12.3. The zero-order valence-corrected chi connectivity index (χ0v) is 12.3. The molecular formula is C15H17N5O2. The third kappa shape index (κ3) is 2.57. The van der Waals surface area contributed by atoms with E-state index >= 15 is 0 Å². The number of rotatable bonds is 5. The largest absolute Gasteiger partial charge is 0.326 e. The van der Waals surface area contributed by atoms with E-state index in [1.54, 1.807) is 10.9 Å². The quantitative estimate of drug-likeness (QED) is 0.848. The van der Waals surface area contributed by atoms with Crippen LogP contribution < -0.4 is 5.32 Å². The van der Waals surface area contributed by atoms with Crippen molar-refractivity contribution in [2.75, 3.05) is 0 Å². The van der Waals surface area contributed by atoms with Gasteiger partial charge in [-0.05, 0) is 18.6 Å². The Morgan fingerprint density at radius 3 is 2.73 bits per heavy atom. The fourth-order valence-electron chi connectivity index (χ4n) is 2.52. The Balaban J connectivity index is 1.82. The van der Waals surface area contributed by atoms with Gasteiger partial charge in [-0.1, -0.05) is 31.5 Å². The second-order valence-corrected chi connectivity index (χ2v) is 5.17. The summed E-state index contributed by atoms with van der Waals surface area (Å²) in [6.45, 7) is 2.09. The summed E-state index contributed by atoms with van der Waals surface area (Å²) in [6.07, 6.45) is 3.06. The highest BCUT2D eigenvalue weighted by Crippen LogP contribution is 2.16. The van der Waals surface area contributed by atoms with Crippen molar-refractivity contribution in [3.8, 4) is 5.69 Å². The molecule has 1 aliphatic rings. The Hall–Kier alpha value is -2.70. The molecule has 0 saturated carbocycles. The molecule has 1 saturated heterocycles. The van der Waals surface area contributed by atoms with Crippen molar-refractivity contribution in [2.45, 2.75) is 32.4 Å². The molecule has 7 heteroatoms. The molecule has 1 fully saturated rings. The second kappa shape index (κ2) is 5.97. The predicted molar refractivity (Wildman–Crippen MR) is 79.1 cm³/mol. The maximum atomic E-state index is 12.3. The van der Waals surface area contributed by atoms with E-state index in [0.29, 0.717) is 12.2 Å². The molecule has 1 atom stereocenters.